The minimum Gasteiger partial charge on any atom is -0.284 e. The smallest absolute Gasteiger partial charge is 0.272 e. The number of nitrogens with zero attached hydrogens (tertiary/aromatic N) is 1. The average Bonchev–Trinajstić information content (AvgIpc) is 2.91. The monoisotopic (exact) mass is 306 g/mol. The molecule has 0 aliphatic heterocycles. The molecule has 0 aliphatic carbocycles. The molecule has 0 atom stereocenters. The second-order valence-corrected chi connectivity index (χ2v) is 5.90. The lowest BCUT2D eigenvalue weighted by atomic mass is 10.0. The predicted octanol–water partition coefficient (Wildman–Crippen LogP) is 4.62. The highest BCUT2D eigenvalue weighted by Gasteiger charge is 2.17. The number of aryl methyl sites for hydroxylation is 2. The van der Waals surface area contributed by atoms with E-state index in [9.17, 15) is 4.79 Å². The Labute approximate surface area is 136 Å². The van der Waals surface area contributed by atoms with Crippen LogP contribution in [0.2, 0.25) is 0 Å². The fourth-order valence-electron chi connectivity index (χ4n) is 2.85. The van der Waals surface area contributed by atoms with E-state index in [1.807, 2.05) is 47.1 Å². The highest BCUT2D eigenvalue weighted by atomic mass is 16.1. The highest BCUT2D eigenvalue weighted by molar-refractivity contribution is 5.80. The Bertz CT molecular complexity index is 826. The van der Waals surface area contributed by atoms with E-state index in [1.165, 1.54) is 5.56 Å². The van der Waals surface area contributed by atoms with E-state index >= 15 is 0 Å². The topological polar surface area (TPSA) is 37.8 Å². The summed E-state index contributed by atoms with van der Waals surface area (Å²) in [5.74, 6) is 0. The second kappa shape index (κ2) is 6.69. The quantitative estimate of drug-likeness (QED) is 0.734. The third-order valence-corrected chi connectivity index (χ3v) is 4.09. The van der Waals surface area contributed by atoms with Crippen molar-refractivity contribution in [2.24, 2.45) is 0 Å². The van der Waals surface area contributed by atoms with Crippen LogP contribution in [-0.2, 0) is 6.54 Å². The van der Waals surface area contributed by atoms with Crippen LogP contribution in [0.4, 0.5) is 0 Å². The van der Waals surface area contributed by atoms with Crippen LogP contribution in [0.1, 0.15) is 25.3 Å². The van der Waals surface area contributed by atoms with E-state index in [4.69, 9.17) is 0 Å². The van der Waals surface area contributed by atoms with Gasteiger partial charge in [-0.1, -0.05) is 73.5 Å². The summed E-state index contributed by atoms with van der Waals surface area (Å²) < 4.78 is 2.00. The van der Waals surface area contributed by atoms with Crippen LogP contribution in [-0.4, -0.2) is 9.78 Å². The van der Waals surface area contributed by atoms with Crippen LogP contribution in [0, 0.1) is 6.92 Å². The van der Waals surface area contributed by atoms with E-state index in [0.717, 1.165) is 41.8 Å². The van der Waals surface area contributed by atoms with Crippen molar-refractivity contribution in [1.29, 1.82) is 0 Å². The number of benzene rings is 2. The number of unbranched alkanes of at least 4 members (excludes halogenated alkanes) is 1. The van der Waals surface area contributed by atoms with Crippen molar-refractivity contribution in [1.82, 2.24) is 9.78 Å². The zero-order chi connectivity index (χ0) is 16.2. The first-order valence-electron chi connectivity index (χ1n) is 8.16. The fraction of sp³-hybridized carbons (Fsp3) is 0.250. The van der Waals surface area contributed by atoms with Crippen molar-refractivity contribution in [3.8, 4) is 22.4 Å². The summed E-state index contributed by atoms with van der Waals surface area (Å²) >= 11 is 0. The summed E-state index contributed by atoms with van der Waals surface area (Å²) in [6.45, 7) is 5.03. The van der Waals surface area contributed by atoms with Gasteiger partial charge in [0.2, 0.25) is 0 Å². The summed E-state index contributed by atoms with van der Waals surface area (Å²) in [5.41, 5.74) is 4.93. The normalized spacial score (nSPS) is 10.9. The first kappa shape index (κ1) is 15.3. The van der Waals surface area contributed by atoms with Crippen molar-refractivity contribution < 1.29 is 0 Å². The molecule has 0 saturated heterocycles. The summed E-state index contributed by atoms with van der Waals surface area (Å²) in [7, 11) is 0. The Morgan fingerprint density at radius 2 is 1.65 bits per heavy atom. The first-order valence-corrected chi connectivity index (χ1v) is 8.16. The number of rotatable bonds is 5. The summed E-state index contributed by atoms with van der Waals surface area (Å²) in [6, 6.07) is 18.3. The molecule has 1 aromatic heterocycles. The Kier molecular flexibility index (Phi) is 4.47. The molecule has 2 aromatic carbocycles. The Hall–Kier alpha value is -2.55. The third-order valence-electron chi connectivity index (χ3n) is 4.09. The van der Waals surface area contributed by atoms with E-state index in [2.05, 4.69) is 31.1 Å². The molecule has 3 nitrogen and oxygen atoms in total. The summed E-state index contributed by atoms with van der Waals surface area (Å²) in [5, 5.41) is 3.02. The van der Waals surface area contributed by atoms with Crippen LogP contribution in [0.15, 0.2) is 59.4 Å². The molecule has 118 valence electrons. The summed E-state index contributed by atoms with van der Waals surface area (Å²) in [4.78, 5) is 12.6. The molecular formula is C20H22N2O. The first-order chi connectivity index (χ1) is 11.2. The molecule has 0 bridgehead atoms. The van der Waals surface area contributed by atoms with E-state index in [1.54, 1.807) is 0 Å². The largest absolute Gasteiger partial charge is 0.284 e. The maximum Gasteiger partial charge on any atom is 0.272 e. The van der Waals surface area contributed by atoms with Gasteiger partial charge in [-0.3, -0.25) is 14.6 Å². The number of hydrogen-bond acceptors (Lipinski definition) is 1. The number of aromatic amines is 1. The molecule has 1 N–H and O–H groups in total. The SMILES string of the molecule is CCCCn1[nH]c(=O)c(-c2ccc(C)cc2)c1-c1ccccc1. The Morgan fingerprint density at radius 3 is 2.30 bits per heavy atom. The van der Waals surface area contributed by atoms with Gasteiger partial charge in [-0.15, -0.1) is 0 Å². The lowest BCUT2D eigenvalue weighted by molar-refractivity contribution is 0.573. The Balaban J connectivity index is 2.20. The maximum absolute atomic E-state index is 12.6. The fourth-order valence-corrected chi connectivity index (χ4v) is 2.85. The molecule has 0 fully saturated rings. The van der Waals surface area contributed by atoms with Crippen LogP contribution < -0.4 is 5.56 Å². The third kappa shape index (κ3) is 3.14. The number of nitrogens with one attached hydrogen (secondary N) is 1. The van der Waals surface area contributed by atoms with Crippen molar-refractivity contribution in [3.63, 3.8) is 0 Å². The van der Waals surface area contributed by atoms with Crippen LogP contribution >= 0.6 is 0 Å². The average molecular weight is 306 g/mol. The molecule has 3 rings (SSSR count). The standard InChI is InChI=1S/C20H22N2O/c1-3-4-14-22-19(17-8-6-5-7-9-17)18(20(23)21-22)16-12-10-15(2)11-13-16/h5-13H,3-4,14H2,1-2H3,(H,21,23). The zero-order valence-corrected chi connectivity index (χ0v) is 13.7. The number of H-pyrrole nitrogens is 1. The van der Waals surface area contributed by atoms with Gasteiger partial charge in [-0.05, 0) is 18.9 Å². The minimum absolute atomic E-state index is 0.0243. The molecule has 0 saturated carbocycles. The van der Waals surface area contributed by atoms with Crippen molar-refractivity contribution in [2.45, 2.75) is 33.2 Å². The summed E-state index contributed by atoms with van der Waals surface area (Å²) in [6.07, 6.45) is 2.13. The minimum atomic E-state index is -0.0243. The van der Waals surface area contributed by atoms with Crippen molar-refractivity contribution in [3.05, 3.63) is 70.5 Å². The van der Waals surface area contributed by atoms with Crippen LogP contribution in [0.5, 0.6) is 0 Å². The van der Waals surface area contributed by atoms with Crippen LogP contribution in [0.25, 0.3) is 22.4 Å². The number of hydrogen-bond donors (Lipinski definition) is 1. The molecule has 3 aromatic rings. The van der Waals surface area contributed by atoms with Gasteiger partial charge < -0.3 is 0 Å². The second-order valence-electron chi connectivity index (χ2n) is 5.90. The molecule has 3 heteroatoms. The lowest BCUT2D eigenvalue weighted by Gasteiger charge is -2.10. The molecule has 0 radical (unpaired) electrons. The number of aromatic nitrogens is 2. The molecular weight excluding hydrogens is 284 g/mol. The maximum atomic E-state index is 12.6. The lowest BCUT2D eigenvalue weighted by Crippen LogP contribution is -2.07. The molecule has 0 aliphatic rings. The predicted molar refractivity (Wildman–Crippen MR) is 95.6 cm³/mol. The van der Waals surface area contributed by atoms with E-state index < -0.39 is 0 Å². The van der Waals surface area contributed by atoms with Gasteiger partial charge in [0.05, 0.1) is 11.3 Å². The van der Waals surface area contributed by atoms with E-state index in [-0.39, 0.29) is 5.56 Å². The molecule has 0 spiro atoms. The van der Waals surface area contributed by atoms with Crippen molar-refractivity contribution >= 4 is 0 Å². The van der Waals surface area contributed by atoms with Gasteiger partial charge in [-0.25, -0.2) is 0 Å². The van der Waals surface area contributed by atoms with Gasteiger partial charge >= 0.3 is 0 Å². The Morgan fingerprint density at radius 1 is 0.957 bits per heavy atom. The molecule has 0 amide bonds. The molecule has 0 unspecified atom stereocenters. The van der Waals surface area contributed by atoms with Gasteiger partial charge in [0.15, 0.2) is 0 Å². The van der Waals surface area contributed by atoms with Crippen LogP contribution in [0.3, 0.4) is 0 Å². The highest BCUT2D eigenvalue weighted by Crippen LogP contribution is 2.29. The van der Waals surface area contributed by atoms with Gasteiger partial charge in [0.1, 0.15) is 0 Å². The van der Waals surface area contributed by atoms with E-state index in [0.29, 0.717) is 0 Å². The molecule has 23 heavy (non-hydrogen) atoms. The van der Waals surface area contributed by atoms with Gasteiger partial charge in [-0.2, -0.15) is 0 Å². The van der Waals surface area contributed by atoms with Crippen molar-refractivity contribution in [2.75, 3.05) is 0 Å². The molecule has 1 heterocycles. The zero-order valence-electron chi connectivity index (χ0n) is 13.7. The van der Waals surface area contributed by atoms with Gasteiger partial charge in [0.25, 0.3) is 5.56 Å². The van der Waals surface area contributed by atoms with Gasteiger partial charge in [0, 0.05) is 12.1 Å².